The van der Waals surface area contributed by atoms with Crippen molar-refractivity contribution in [3.05, 3.63) is 70.9 Å². The third-order valence-corrected chi connectivity index (χ3v) is 8.90. The summed E-state index contributed by atoms with van der Waals surface area (Å²) in [6.07, 6.45) is 6.60. The number of nitrogens with one attached hydrogen (secondary N) is 3. The molecule has 0 radical (unpaired) electrons. The lowest BCUT2D eigenvalue weighted by Gasteiger charge is -2.38. The Morgan fingerprint density at radius 3 is 2.58 bits per heavy atom. The van der Waals surface area contributed by atoms with Crippen LogP contribution in [0.2, 0.25) is 0 Å². The lowest BCUT2D eigenvalue weighted by Crippen LogP contribution is -2.58. The minimum absolute atomic E-state index is 0.0305. The molecule has 6 rings (SSSR count). The number of H-pyrrole nitrogens is 1. The van der Waals surface area contributed by atoms with E-state index in [1.54, 1.807) is 4.90 Å². The highest BCUT2D eigenvalue weighted by Crippen LogP contribution is 2.46. The van der Waals surface area contributed by atoms with Gasteiger partial charge in [0.2, 0.25) is 11.8 Å². The zero-order valence-corrected chi connectivity index (χ0v) is 22.1. The Balaban J connectivity index is 1.34. The summed E-state index contributed by atoms with van der Waals surface area (Å²) in [5.41, 5.74) is 4.59. The second-order valence-corrected chi connectivity index (χ2v) is 11.2. The van der Waals surface area contributed by atoms with E-state index in [9.17, 15) is 14.4 Å². The van der Waals surface area contributed by atoms with Gasteiger partial charge in [-0.05, 0) is 42.0 Å². The molecule has 1 aromatic heterocycles. The van der Waals surface area contributed by atoms with Crippen LogP contribution in [-0.2, 0) is 16.0 Å². The molecule has 38 heavy (non-hydrogen) atoms. The molecule has 4 atom stereocenters. The molecule has 1 fully saturated rings. The van der Waals surface area contributed by atoms with Crippen LogP contribution in [0.5, 0.6) is 0 Å². The Kier molecular flexibility index (Phi) is 6.46. The smallest absolute Gasteiger partial charge is 0.255 e. The SMILES string of the molecule is CCC(C)C(NC(=O)C1Cc2c([nH]c3ccccc23)C2c3ccccc3C(=O)N12)C(=O)NC1CCCCC1. The molecule has 0 bridgehead atoms. The lowest BCUT2D eigenvalue weighted by molar-refractivity contribution is -0.133. The third-order valence-electron chi connectivity index (χ3n) is 8.90. The Morgan fingerprint density at radius 2 is 1.79 bits per heavy atom. The molecule has 4 unspecified atom stereocenters. The van der Waals surface area contributed by atoms with E-state index in [-0.39, 0.29) is 35.7 Å². The van der Waals surface area contributed by atoms with E-state index in [0.29, 0.717) is 12.0 Å². The van der Waals surface area contributed by atoms with Crippen LogP contribution in [0.4, 0.5) is 0 Å². The summed E-state index contributed by atoms with van der Waals surface area (Å²) in [6, 6.07) is 14.2. The largest absolute Gasteiger partial charge is 0.356 e. The van der Waals surface area contributed by atoms with Gasteiger partial charge >= 0.3 is 0 Å². The fourth-order valence-corrected chi connectivity index (χ4v) is 6.63. The predicted octanol–water partition coefficient (Wildman–Crippen LogP) is 4.62. The second-order valence-electron chi connectivity index (χ2n) is 11.2. The molecule has 3 amide bonds. The van der Waals surface area contributed by atoms with Crippen LogP contribution in [0, 0.1) is 5.92 Å². The Labute approximate surface area is 223 Å². The molecule has 198 valence electrons. The van der Waals surface area contributed by atoms with Gasteiger partial charge in [0.1, 0.15) is 12.1 Å². The Morgan fingerprint density at radius 1 is 1.05 bits per heavy atom. The molecule has 0 saturated heterocycles. The number of benzene rings is 2. The van der Waals surface area contributed by atoms with Crippen molar-refractivity contribution in [1.29, 1.82) is 0 Å². The van der Waals surface area contributed by atoms with Crippen LogP contribution in [0.1, 0.15) is 85.6 Å². The maximum atomic E-state index is 14.0. The number of rotatable bonds is 6. The minimum atomic E-state index is -0.708. The van der Waals surface area contributed by atoms with Crippen LogP contribution in [0.3, 0.4) is 0 Å². The van der Waals surface area contributed by atoms with Gasteiger partial charge in [-0.3, -0.25) is 14.4 Å². The van der Waals surface area contributed by atoms with Gasteiger partial charge in [0, 0.05) is 34.6 Å². The Hall–Kier alpha value is -3.61. The zero-order chi connectivity index (χ0) is 26.4. The van der Waals surface area contributed by atoms with Crippen molar-refractivity contribution < 1.29 is 14.4 Å². The van der Waals surface area contributed by atoms with Crippen LogP contribution in [0.25, 0.3) is 10.9 Å². The molecule has 1 aliphatic carbocycles. The lowest BCUT2D eigenvalue weighted by atomic mass is 9.89. The molecule has 7 nitrogen and oxygen atoms in total. The molecule has 0 spiro atoms. The number of hydrogen-bond acceptors (Lipinski definition) is 3. The van der Waals surface area contributed by atoms with Gasteiger partial charge < -0.3 is 20.5 Å². The van der Waals surface area contributed by atoms with Crippen molar-refractivity contribution in [2.45, 2.75) is 83.0 Å². The summed E-state index contributed by atoms with van der Waals surface area (Å²) < 4.78 is 0. The Bertz CT molecular complexity index is 1390. The normalized spacial score (nSPS) is 22.4. The number of carbonyl (C=O) groups excluding carboxylic acids is 3. The number of para-hydroxylation sites is 1. The number of fused-ring (bicyclic) bond motifs is 7. The van der Waals surface area contributed by atoms with E-state index in [4.69, 9.17) is 0 Å². The fraction of sp³-hybridized carbons (Fsp3) is 0.452. The van der Waals surface area contributed by atoms with E-state index in [1.807, 2.05) is 56.3 Å². The summed E-state index contributed by atoms with van der Waals surface area (Å²) in [5.74, 6) is -0.550. The summed E-state index contributed by atoms with van der Waals surface area (Å²) in [4.78, 5) is 46.4. The van der Waals surface area contributed by atoms with Crippen molar-refractivity contribution in [2.24, 2.45) is 5.92 Å². The highest BCUT2D eigenvalue weighted by Gasteiger charge is 2.49. The van der Waals surface area contributed by atoms with E-state index in [2.05, 4.69) is 21.7 Å². The molecular weight excluding hydrogens is 476 g/mol. The number of nitrogens with zero attached hydrogens (tertiary/aromatic N) is 1. The van der Waals surface area contributed by atoms with Gasteiger partial charge in [0.05, 0.1) is 6.04 Å². The van der Waals surface area contributed by atoms with Crippen molar-refractivity contribution in [3.8, 4) is 0 Å². The average molecular weight is 513 g/mol. The number of carbonyl (C=O) groups is 3. The quantitative estimate of drug-likeness (QED) is 0.450. The van der Waals surface area contributed by atoms with E-state index in [1.165, 1.54) is 6.42 Å². The number of hydrogen-bond donors (Lipinski definition) is 3. The standard InChI is InChI=1S/C31H36N4O3/c1-3-18(2)26(30(37)32-19-11-5-4-6-12-19)34-29(36)25-17-23-20-13-9-10-16-24(20)33-27(23)28-21-14-7-8-15-22(21)31(38)35(25)28/h7-10,13-16,18-19,25-26,28,33H,3-6,11-12,17H2,1-2H3,(H,32,37)(H,34,36). The van der Waals surface area contributed by atoms with Crippen molar-refractivity contribution >= 4 is 28.6 Å². The van der Waals surface area contributed by atoms with Gasteiger partial charge in [0.25, 0.3) is 5.91 Å². The van der Waals surface area contributed by atoms with E-state index >= 15 is 0 Å². The van der Waals surface area contributed by atoms with Gasteiger partial charge in [-0.2, -0.15) is 0 Å². The van der Waals surface area contributed by atoms with E-state index in [0.717, 1.165) is 59.8 Å². The molecule has 3 aromatic rings. The van der Waals surface area contributed by atoms with Crippen LogP contribution in [-0.4, -0.2) is 45.7 Å². The first-order valence-electron chi connectivity index (χ1n) is 14.1. The molecule has 3 aliphatic rings. The second kappa shape index (κ2) is 9.93. The first-order chi connectivity index (χ1) is 18.5. The van der Waals surface area contributed by atoms with Gasteiger partial charge in [0.15, 0.2) is 0 Å². The molecule has 3 heterocycles. The van der Waals surface area contributed by atoms with Crippen molar-refractivity contribution in [1.82, 2.24) is 20.5 Å². The number of amides is 3. The maximum absolute atomic E-state index is 14.0. The minimum Gasteiger partial charge on any atom is -0.356 e. The van der Waals surface area contributed by atoms with Crippen LogP contribution in [0.15, 0.2) is 48.5 Å². The van der Waals surface area contributed by atoms with Gasteiger partial charge in [-0.1, -0.05) is 75.9 Å². The molecule has 3 N–H and O–H groups in total. The van der Waals surface area contributed by atoms with Gasteiger partial charge in [-0.15, -0.1) is 0 Å². The number of aromatic amines is 1. The first-order valence-corrected chi connectivity index (χ1v) is 14.1. The molecule has 2 aromatic carbocycles. The third kappa shape index (κ3) is 4.08. The molecular formula is C31H36N4O3. The summed E-state index contributed by atoms with van der Waals surface area (Å²) in [6.45, 7) is 4.04. The van der Waals surface area contributed by atoms with Crippen molar-refractivity contribution in [3.63, 3.8) is 0 Å². The first kappa shape index (κ1) is 24.7. The fourth-order valence-electron chi connectivity index (χ4n) is 6.63. The van der Waals surface area contributed by atoms with Crippen LogP contribution < -0.4 is 10.6 Å². The molecule has 1 saturated carbocycles. The maximum Gasteiger partial charge on any atom is 0.255 e. The van der Waals surface area contributed by atoms with E-state index < -0.39 is 12.1 Å². The average Bonchev–Trinajstić information content (AvgIpc) is 3.46. The monoisotopic (exact) mass is 512 g/mol. The summed E-state index contributed by atoms with van der Waals surface area (Å²) in [7, 11) is 0. The topological polar surface area (TPSA) is 94.3 Å². The van der Waals surface area contributed by atoms with Crippen molar-refractivity contribution in [2.75, 3.05) is 0 Å². The highest BCUT2D eigenvalue weighted by molar-refractivity contribution is 6.04. The predicted molar refractivity (Wildman–Crippen MR) is 147 cm³/mol. The van der Waals surface area contributed by atoms with Crippen LogP contribution >= 0.6 is 0 Å². The molecule has 7 heteroatoms. The highest BCUT2D eigenvalue weighted by atomic mass is 16.2. The zero-order valence-electron chi connectivity index (χ0n) is 22.1. The summed E-state index contributed by atoms with van der Waals surface area (Å²) >= 11 is 0. The van der Waals surface area contributed by atoms with Gasteiger partial charge in [-0.25, -0.2) is 0 Å². The number of aromatic nitrogens is 1. The molecule has 2 aliphatic heterocycles. The summed E-state index contributed by atoms with van der Waals surface area (Å²) in [5, 5.41) is 7.39.